The molecule has 16 heavy (non-hydrogen) atoms. The summed E-state index contributed by atoms with van der Waals surface area (Å²) < 4.78 is 0. The quantitative estimate of drug-likeness (QED) is 0.775. The van der Waals surface area contributed by atoms with Crippen molar-refractivity contribution in [3.05, 3.63) is 23.4 Å². The Balaban J connectivity index is 2.63. The van der Waals surface area contributed by atoms with Gasteiger partial charge in [0, 0.05) is 19.3 Å². The zero-order valence-electron chi connectivity index (χ0n) is 11.2. The van der Waals surface area contributed by atoms with Crippen molar-refractivity contribution >= 4 is 0 Å². The SMILES string of the molecule is CCC(C)CN(C)C1=C(C)CC(CN)C=C1. The Bertz CT molecular complexity index is 278. The highest BCUT2D eigenvalue weighted by atomic mass is 15.1. The van der Waals surface area contributed by atoms with Crippen LogP contribution in [-0.4, -0.2) is 25.0 Å². The van der Waals surface area contributed by atoms with E-state index in [0.717, 1.165) is 25.4 Å². The highest BCUT2D eigenvalue weighted by Crippen LogP contribution is 2.25. The van der Waals surface area contributed by atoms with Gasteiger partial charge in [-0.15, -0.1) is 0 Å². The number of allylic oxidation sites excluding steroid dienone is 2. The minimum atomic E-state index is 0.542. The van der Waals surface area contributed by atoms with Gasteiger partial charge in [0.1, 0.15) is 0 Å². The molecule has 0 fully saturated rings. The average Bonchev–Trinajstić information content (AvgIpc) is 2.28. The van der Waals surface area contributed by atoms with Crippen LogP contribution in [0.2, 0.25) is 0 Å². The lowest BCUT2D eigenvalue weighted by molar-refractivity contribution is 0.343. The van der Waals surface area contributed by atoms with Crippen molar-refractivity contribution in [2.24, 2.45) is 17.6 Å². The van der Waals surface area contributed by atoms with Crippen molar-refractivity contribution in [2.45, 2.75) is 33.6 Å². The molecule has 0 bridgehead atoms. The number of nitrogens with zero attached hydrogens (tertiary/aromatic N) is 1. The van der Waals surface area contributed by atoms with E-state index >= 15 is 0 Å². The Morgan fingerprint density at radius 1 is 1.56 bits per heavy atom. The van der Waals surface area contributed by atoms with Crippen LogP contribution in [0.1, 0.15) is 33.6 Å². The molecule has 0 spiro atoms. The first-order chi connectivity index (χ1) is 7.58. The Hall–Kier alpha value is -0.760. The van der Waals surface area contributed by atoms with Crippen LogP contribution in [0.4, 0.5) is 0 Å². The van der Waals surface area contributed by atoms with Gasteiger partial charge in [0.05, 0.1) is 0 Å². The summed E-state index contributed by atoms with van der Waals surface area (Å²) in [5.74, 6) is 1.30. The molecule has 2 unspecified atom stereocenters. The maximum atomic E-state index is 5.70. The van der Waals surface area contributed by atoms with E-state index in [2.05, 4.69) is 44.9 Å². The van der Waals surface area contributed by atoms with Gasteiger partial charge in [0.25, 0.3) is 0 Å². The summed E-state index contributed by atoms with van der Waals surface area (Å²) >= 11 is 0. The maximum Gasteiger partial charge on any atom is 0.0349 e. The monoisotopic (exact) mass is 222 g/mol. The standard InChI is InChI=1S/C14H26N2/c1-5-11(2)10-16(4)14-7-6-13(9-15)8-12(14)3/h6-7,11,13H,5,8-10,15H2,1-4H3. The van der Waals surface area contributed by atoms with Crippen LogP contribution in [0.25, 0.3) is 0 Å². The highest BCUT2D eigenvalue weighted by Gasteiger charge is 2.15. The molecular formula is C14H26N2. The maximum absolute atomic E-state index is 5.70. The molecule has 1 aliphatic carbocycles. The fraction of sp³-hybridized carbons (Fsp3) is 0.714. The van der Waals surface area contributed by atoms with E-state index in [9.17, 15) is 0 Å². The molecule has 0 heterocycles. The Morgan fingerprint density at radius 2 is 2.25 bits per heavy atom. The van der Waals surface area contributed by atoms with E-state index in [0.29, 0.717) is 5.92 Å². The van der Waals surface area contributed by atoms with Gasteiger partial charge < -0.3 is 10.6 Å². The number of hydrogen-bond donors (Lipinski definition) is 1. The van der Waals surface area contributed by atoms with Crippen molar-refractivity contribution in [3.8, 4) is 0 Å². The van der Waals surface area contributed by atoms with Crippen LogP contribution in [0.3, 0.4) is 0 Å². The Kier molecular flexibility index (Phi) is 5.07. The third-order valence-corrected chi connectivity index (χ3v) is 3.53. The van der Waals surface area contributed by atoms with Crippen LogP contribution in [0.5, 0.6) is 0 Å². The summed E-state index contributed by atoms with van der Waals surface area (Å²) in [5.41, 5.74) is 8.57. The summed E-state index contributed by atoms with van der Waals surface area (Å²) in [6.07, 6.45) is 6.87. The normalized spacial score (nSPS) is 22.4. The first-order valence-electron chi connectivity index (χ1n) is 6.37. The molecule has 2 nitrogen and oxygen atoms in total. The van der Waals surface area contributed by atoms with Crippen LogP contribution in [-0.2, 0) is 0 Å². The molecule has 1 aliphatic rings. The summed E-state index contributed by atoms with van der Waals surface area (Å²) in [5, 5.41) is 0. The van der Waals surface area contributed by atoms with Crippen LogP contribution in [0, 0.1) is 11.8 Å². The molecule has 2 heteroatoms. The van der Waals surface area contributed by atoms with Gasteiger partial charge in [-0.25, -0.2) is 0 Å². The summed E-state index contributed by atoms with van der Waals surface area (Å²) in [4.78, 5) is 2.38. The van der Waals surface area contributed by atoms with Crippen molar-refractivity contribution in [1.29, 1.82) is 0 Å². The fourth-order valence-electron chi connectivity index (χ4n) is 2.25. The van der Waals surface area contributed by atoms with Gasteiger partial charge in [-0.3, -0.25) is 0 Å². The summed E-state index contributed by atoms with van der Waals surface area (Å²) in [6, 6.07) is 0. The smallest absolute Gasteiger partial charge is 0.0349 e. The van der Waals surface area contributed by atoms with E-state index < -0.39 is 0 Å². The predicted octanol–water partition coefficient (Wildman–Crippen LogP) is 2.77. The largest absolute Gasteiger partial charge is 0.374 e. The predicted molar refractivity (Wildman–Crippen MR) is 71.1 cm³/mol. The topological polar surface area (TPSA) is 29.3 Å². The minimum Gasteiger partial charge on any atom is -0.374 e. The van der Waals surface area contributed by atoms with E-state index in [1.54, 1.807) is 0 Å². The molecule has 0 amide bonds. The first kappa shape index (κ1) is 13.3. The first-order valence-corrected chi connectivity index (χ1v) is 6.37. The zero-order chi connectivity index (χ0) is 12.1. The molecule has 0 radical (unpaired) electrons. The van der Waals surface area contributed by atoms with Crippen LogP contribution >= 0.6 is 0 Å². The second kappa shape index (κ2) is 6.09. The van der Waals surface area contributed by atoms with Gasteiger partial charge in [-0.05, 0) is 43.4 Å². The van der Waals surface area contributed by atoms with Crippen LogP contribution < -0.4 is 5.73 Å². The molecule has 0 aromatic carbocycles. The van der Waals surface area contributed by atoms with Crippen molar-refractivity contribution in [2.75, 3.05) is 20.1 Å². The summed E-state index contributed by atoms with van der Waals surface area (Å²) in [7, 11) is 2.19. The Labute approximate surface area is 100 Å². The molecule has 1 rings (SSSR count). The van der Waals surface area contributed by atoms with Gasteiger partial charge in [0.15, 0.2) is 0 Å². The number of likely N-dealkylation sites (N-methyl/N-ethyl adjacent to an activating group) is 1. The average molecular weight is 222 g/mol. The number of rotatable bonds is 5. The third kappa shape index (κ3) is 3.38. The molecule has 92 valence electrons. The molecule has 0 aromatic rings. The highest BCUT2D eigenvalue weighted by molar-refractivity contribution is 5.28. The number of nitrogens with two attached hydrogens (primary N) is 1. The molecule has 0 saturated carbocycles. The molecule has 0 aromatic heterocycles. The van der Waals surface area contributed by atoms with Gasteiger partial charge in [-0.1, -0.05) is 26.3 Å². The van der Waals surface area contributed by atoms with Crippen molar-refractivity contribution < 1.29 is 0 Å². The molecule has 2 N–H and O–H groups in total. The van der Waals surface area contributed by atoms with E-state index in [1.165, 1.54) is 17.7 Å². The molecule has 0 saturated heterocycles. The van der Waals surface area contributed by atoms with Crippen molar-refractivity contribution in [1.82, 2.24) is 4.90 Å². The Morgan fingerprint density at radius 3 is 2.75 bits per heavy atom. The third-order valence-electron chi connectivity index (χ3n) is 3.53. The van der Waals surface area contributed by atoms with E-state index in [1.807, 2.05) is 0 Å². The number of hydrogen-bond acceptors (Lipinski definition) is 2. The fourth-order valence-corrected chi connectivity index (χ4v) is 2.25. The second-order valence-electron chi connectivity index (χ2n) is 5.12. The van der Waals surface area contributed by atoms with E-state index in [-0.39, 0.29) is 0 Å². The lowest BCUT2D eigenvalue weighted by Gasteiger charge is -2.29. The van der Waals surface area contributed by atoms with Gasteiger partial charge in [-0.2, -0.15) is 0 Å². The van der Waals surface area contributed by atoms with Gasteiger partial charge in [0.2, 0.25) is 0 Å². The minimum absolute atomic E-state index is 0.542. The van der Waals surface area contributed by atoms with Crippen LogP contribution in [0.15, 0.2) is 23.4 Å². The summed E-state index contributed by atoms with van der Waals surface area (Å²) in [6.45, 7) is 8.69. The van der Waals surface area contributed by atoms with Gasteiger partial charge >= 0.3 is 0 Å². The van der Waals surface area contributed by atoms with Crippen molar-refractivity contribution in [3.63, 3.8) is 0 Å². The molecule has 2 atom stereocenters. The second-order valence-corrected chi connectivity index (χ2v) is 5.12. The molecule has 0 aliphatic heterocycles. The molecular weight excluding hydrogens is 196 g/mol. The zero-order valence-corrected chi connectivity index (χ0v) is 11.2. The lowest BCUT2D eigenvalue weighted by Crippen LogP contribution is -2.26. The lowest BCUT2D eigenvalue weighted by atomic mass is 9.93. The van der Waals surface area contributed by atoms with E-state index in [4.69, 9.17) is 5.73 Å².